The largest absolute Gasteiger partial charge is 0.465 e. The minimum atomic E-state index is -0.333. The Hall–Kier alpha value is -1.71. The summed E-state index contributed by atoms with van der Waals surface area (Å²) in [5, 5.41) is 3.35. The van der Waals surface area contributed by atoms with Crippen molar-refractivity contribution < 1.29 is 9.53 Å². The van der Waals surface area contributed by atoms with Gasteiger partial charge in [-0.3, -0.25) is 0 Å². The van der Waals surface area contributed by atoms with Gasteiger partial charge in [-0.25, -0.2) is 4.79 Å². The Labute approximate surface area is 120 Å². The number of nitrogens with two attached hydrogens (primary N) is 1. The summed E-state index contributed by atoms with van der Waals surface area (Å²) in [6.07, 6.45) is 7.98. The molecular weight excluding hydrogens is 252 g/mol. The van der Waals surface area contributed by atoms with Crippen LogP contribution in [-0.4, -0.2) is 19.6 Å². The molecule has 0 radical (unpaired) electrons. The van der Waals surface area contributed by atoms with E-state index in [4.69, 9.17) is 10.5 Å². The predicted molar refractivity (Wildman–Crippen MR) is 81.9 cm³/mol. The molecular formula is C16H24N2O2. The first-order valence-corrected chi connectivity index (χ1v) is 7.42. The van der Waals surface area contributed by atoms with Crippen LogP contribution in [0.2, 0.25) is 0 Å². The Morgan fingerprint density at radius 2 is 2.10 bits per heavy atom. The van der Waals surface area contributed by atoms with Crippen molar-refractivity contribution in [3.63, 3.8) is 0 Å². The van der Waals surface area contributed by atoms with Crippen LogP contribution in [-0.2, 0) is 4.74 Å². The molecule has 0 saturated heterocycles. The fraction of sp³-hybridized carbons (Fsp3) is 0.562. The van der Waals surface area contributed by atoms with Crippen molar-refractivity contribution in [3.05, 3.63) is 23.8 Å². The maximum Gasteiger partial charge on any atom is 0.337 e. The summed E-state index contributed by atoms with van der Waals surface area (Å²) in [6.45, 7) is 0.902. The quantitative estimate of drug-likeness (QED) is 0.638. The Kier molecular flexibility index (Phi) is 5.27. The molecule has 2 rings (SSSR count). The molecule has 1 aromatic carbocycles. The number of anilines is 2. The minimum absolute atomic E-state index is 0.333. The summed E-state index contributed by atoms with van der Waals surface area (Å²) in [4.78, 5) is 11.5. The predicted octanol–water partition coefficient (Wildman–Crippen LogP) is 3.44. The number of methoxy groups -OCH3 is 1. The van der Waals surface area contributed by atoms with E-state index in [1.54, 1.807) is 18.2 Å². The number of carbonyl (C=O) groups is 1. The third kappa shape index (κ3) is 3.89. The summed E-state index contributed by atoms with van der Waals surface area (Å²) in [7, 11) is 1.38. The van der Waals surface area contributed by atoms with Crippen LogP contribution in [0.1, 0.15) is 48.9 Å². The first kappa shape index (κ1) is 14.7. The second-order valence-corrected chi connectivity index (χ2v) is 5.51. The zero-order valence-corrected chi connectivity index (χ0v) is 12.2. The van der Waals surface area contributed by atoms with E-state index >= 15 is 0 Å². The van der Waals surface area contributed by atoms with Crippen LogP contribution in [0.4, 0.5) is 11.4 Å². The SMILES string of the molecule is COC(=O)c1ccc(N)c(NCCC2CCCCC2)c1. The van der Waals surface area contributed by atoms with Crippen molar-refractivity contribution in [1.29, 1.82) is 0 Å². The van der Waals surface area contributed by atoms with Crippen molar-refractivity contribution in [2.45, 2.75) is 38.5 Å². The highest BCUT2D eigenvalue weighted by Gasteiger charge is 2.13. The third-order valence-electron chi connectivity index (χ3n) is 4.07. The van der Waals surface area contributed by atoms with Gasteiger partial charge in [0.2, 0.25) is 0 Å². The van der Waals surface area contributed by atoms with Gasteiger partial charge in [0.05, 0.1) is 24.0 Å². The second-order valence-electron chi connectivity index (χ2n) is 5.51. The maximum absolute atomic E-state index is 11.5. The average molecular weight is 276 g/mol. The zero-order valence-electron chi connectivity index (χ0n) is 12.2. The summed E-state index contributed by atoms with van der Waals surface area (Å²) in [5.74, 6) is 0.501. The molecule has 0 amide bonds. The number of ether oxygens (including phenoxy) is 1. The molecule has 0 spiro atoms. The molecule has 0 bridgehead atoms. The molecule has 0 aromatic heterocycles. The monoisotopic (exact) mass is 276 g/mol. The number of esters is 1. The van der Waals surface area contributed by atoms with E-state index in [2.05, 4.69) is 5.32 Å². The molecule has 1 fully saturated rings. The van der Waals surface area contributed by atoms with Gasteiger partial charge in [-0.05, 0) is 30.5 Å². The van der Waals surface area contributed by atoms with Gasteiger partial charge in [-0.15, -0.1) is 0 Å². The number of rotatable bonds is 5. The number of hydrogen-bond donors (Lipinski definition) is 2. The summed E-state index contributed by atoms with van der Waals surface area (Å²) >= 11 is 0. The lowest BCUT2D eigenvalue weighted by atomic mass is 9.87. The van der Waals surface area contributed by atoms with Crippen molar-refractivity contribution >= 4 is 17.3 Å². The Bertz CT molecular complexity index is 454. The number of carbonyl (C=O) groups excluding carboxylic acids is 1. The van der Waals surface area contributed by atoms with Crippen molar-refractivity contribution in [1.82, 2.24) is 0 Å². The van der Waals surface area contributed by atoms with E-state index in [-0.39, 0.29) is 5.97 Å². The average Bonchev–Trinajstić information content (AvgIpc) is 2.49. The topological polar surface area (TPSA) is 64.3 Å². The molecule has 110 valence electrons. The number of nitrogen functional groups attached to an aromatic ring is 1. The Balaban J connectivity index is 1.89. The van der Waals surface area contributed by atoms with Crippen LogP contribution in [0, 0.1) is 5.92 Å². The Morgan fingerprint density at radius 3 is 2.80 bits per heavy atom. The zero-order chi connectivity index (χ0) is 14.4. The van der Waals surface area contributed by atoms with Gasteiger partial charge in [-0.2, -0.15) is 0 Å². The van der Waals surface area contributed by atoms with Gasteiger partial charge in [-0.1, -0.05) is 32.1 Å². The lowest BCUT2D eigenvalue weighted by Gasteiger charge is -2.22. The van der Waals surface area contributed by atoms with E-state index in [1.807, 2.05) is 0 Å². The fourth-order valence-corrected chi connectivity index (χ4v) is 2.84. The van der Waals surface area contributed by atoms with Crippen LogP contribution in [0.25, 0.3) is 0 Å². The first-order chi connectivity index (χ1) is 9.70. The molecule has 20 heavy (non-hydrogen) atoms. The number of benzene rings is 1. The third-order valence-corrected chi connectivity index (χ3v) is 4.07. The highest BCUT2D eigenvalue weighted by atomic mass is 16.5. The molecule has 3 N–H and O–H groups in total. The van der Waals surface area contributed by atoms with Crippen LogP contribution in [0.5, 0.6) is 0 Å². The molecule has 1 saturated carbocycles. The van der Waals surface area contributed by atoms with Gasteiger partial charge >= 0.3 is 5.97 Å². The summed E-state index contributed by atoms with van der Waals surface area (Å²) in [6, 6.07) is 5.20. The van der Waals surface area contributed by atoms with Gasteiger partial charge in [0.25, 0.3) is 0 Å². The first-order valence-electron chi connectivity index (χ1n) is 7.42. The summed E-state index contributed by atoms with van der Waals surface area (Å²) < 4.78 is 4.72. The van der Waals surface area contributed by atoms with E-state index < -0.39 is 0 Å². The molecule has 0 unspecified atom stereocenters. The molecule has 4 heteroatoms. The van der Waals surface area contributed by atoms with Crippen LogP contribution >= 0.6 is 0 Å². The fourth-order valence-electron chi connectivity index (χ4n) is 2.84. The Morgan fingerprint density at radius 1 is 1.35 bits per heavy atom. The van der Waals surface area contributed by atoms with Gasteiger partial charge in [0.1, 0.15) is 0 Å². The number of hydrogen-bond acceptors (Lipinski definition) is 4. The minimum Gasteiger partial charge on any atom is -0.465 e. The van der Waals surface area contributed by atoms with Gasteiger partial charge in [0.15, 0.2) is 0 Å². The molecule has 1 aliphatic carbocycles. The second kappa shape index (κ2) is 7.17. The standard InChI is InChI=1S/C16H24N2O2/c1-20-16(19)13-7-8-14(17)15(11-13)18-10-9-12-5-3-2-4-6-12/h7-8,11-12,18H,2-6,9-10,17H2,1H3. The van der Waals surface area contributed by atoms with E-state index in [0.717, 1.165) is 18.2 Å². The van der Waals surface area contributed by atoms with E-state index in [9.17, 15) is 4.79 Å². The van der Waals surface area contributed by atoms with Gasteiger partial charge in [0, 0.05) is 6.54 Å². The van der Waals surface area contributed by atoms with Crippen molar-refractivity contribution in [2.24, 2.45) is 5.92 Å². The maximum atomic E-state index is 11.5. The highest BCUT2D eigenvalue weighted by molar-refractivity contribution is 5.91. The van der Waals surface area contributed by atoms with Crippen LogP contribution in [0.15, 0.2) is 18.2 Å². The van der Waals surface area contributed by atoms with E-state index in [1.165, 1.54) is 45.6 Å². The van der Waals surface area contributed by atoms with Crippen LogP contribution < -0.4 is 11.1 Å². The lowest BCUT2D eigenvalue weighted by Crippen LogP contribution is -2.13. The normalized spacial score (nSPS) is 15.8. The van der Waals surface area contributed by atoms with Gasteiger partial charge < -0.3 is 15.8 Å². The molecule has 0 heterocycles. The summed E-state index contributed by atoms with van der Waals surface area (Å²) in [5.41, 5.74) is 7.96. The van der Waals surface area contributed by atoms with Crippen molar-refractivity contribution in [2.75, 3.05) is 24.7 Å². The number of nitrogens with one attached hydrogen (secondary N) is 1. The molecule has 0 aliphatic heterocycles. The van der Waals surface area contributed by atoms with Crippen LogP contribution in [0.3, 0.4) is 0 Å². The molecule has 4 nitrogen and oxygen atoms in total. The smallest absolute Gasteiger partial charge is 0.337 e. The molecule has 0 atom stereocenters. The van der Waals surface area contributed by atoms with E-state index in [0.29, 0.717) is 11.3 Å². The highest BCUT2D eigenvalue weighted by Crippen LogP contribution is 2.27. The molecule has 1 aliphatic rings. The molecule has 1 aromatic rings. The lowest BCUT2D eigenvalue weighted by molar-refractivity contribution is 0.0601. The van der Waals surface area contributed by atoms with Crippen molar-refractivity contribution in [3.8, 4) is 0 Å².